The van der Waals surface area contributed by atoms with E-state index in [0.717, 1.165) is 25.8 Å². The minimum Gasteiger partial charge on any atom is -0.328 e. The number of Topliss-reactive ketones (excluding diaryl/α,β-unsaturated/α-hetero) is 1. The lowest BCUT2D eigenvalue weighted by Crippen LogP contribution is -2.49. The van der Waals surface area contributed by atoms with Crippen LogP contribution in [0.5, 0.6) is 0 Å². The topological polar surface area (TPSA) is 49.4 Å². The van der Waals surface area contributed by atoms with Crippen molar-refractivity contribution in [2.24, 2.45) is 0 Å². The van der Waals surface area contributed by atoms with Gasteiger partial charge in [-0.05, 0) is 32.7 Å². The van der Waals surface area contributed by atoms with Crippen LogP contribution in [0.3, 0.4) is 0 Å². The van der Waals surface area contributed by atoms with Gasteiger partial charge in [0.05, 0.1) is 6.04 Å². The highest BCUT2D eigenvalue weighted by molar-refractivity contribution is 5.87. The first-order valence-electron chi connectivity index (χ1n) is 5.64. The quantitative estimate of drug-likeness (QED) is 0.678. The van der Waals surface area contributed by atoms with Crippen LogP contribution in [0, 0.1) is 0 Å². The fourth-order valence-electron chi connectivity index (χ4n) is 2.91. The Kier molecular flexibility index (Phi) is 2.78. The maximum Gasteiger partial charge on any atom is 0.220 e. The Morgan fingerprint density at radius 3 is 2.67 bits per heavy atom. The lowest BCUT2D eigenvalue weighted by Gasteiger charge is -2.33. The van der Waals surface area contributed by atoms with Crippen molar-refractivity contribution in [2.45, 2.75) is 51.2 Å². The fourth-order valence-corrected chi connectivity index (χ4v) is 2.91. The fraction of sp³-hybridized carbons (Fsp3) is 0.818. The van der Waals surface area contributed by atoms with E-state index >= 15 is 0 Å². The van der Waals surface area contributed by atoms with Crippen LogP contribution in [-0.2, 0) is 9.59 Å². The Morgan fingerprint density at radius 1 is 1.33 bits per heavy atom. The summed E-state index contributed by atoms with van der Waals surface area (Å²) in [5, 5.41) is 3.40. The van der Waals surface area contributed by atoms with Crippen molar-refractivity contribution in [3.8, 4) is 0 Å². The van der Waals surface area contributed by atoms with Gasteiger partial charge in [0.2, 0.25) is 5.91 Å². The molecule has 84 valence electrons. The molecule has 0 aromatic heterocycles. The zero-order valence-corrected chi connectivity index (χ0v) is 9.32. The summed E-state index contributed by atoms with van der Waals surface area (Å²) in [5.41, 5.74) is 0. The average molecular weight is 210 g/mol. The van der Waals surface area contributed by atoms with E-state index in [1.165, 1.54) is 0 Å². The van der Waals surface area contributed by atoms with Gasteiger partial charge in [-0.15, -0.1) is 0 Å². The molecule has 0 radical (unpaired) electrons. The molecule has 2 heterocycles. The van der Waals surface area contributed by atoms with Crippen LogP contribution < -0.4 is 5.32 Å². The van der Waals surface area contributed by atoms with Gasteiger partial charge in [-0.3, -0.25) is 9.59 Å². The number of ketones is 1. The van der Waals surface area contributed by atoms with Gasteiger partial charge in [0, 0.05) is 19.0 Å². The highest BCUT2D eigenvalue weighted by Crippen LogP contribution is 2.30. The first kappa shape index (κ1) is 10.6. The highest BCUT2D eigenvalue weighted by Gasteiger charge is 2.45. The number of likely N-dealkylation sites (tertiary alicyclic amines) is 1. The smallest absolute Gasteiger partial charge is 0.220 e. The van der Waals surface area contributed by atoms with Crippen molar-refractivity contribution < 1.29 is 9.59 Å². The summed E-state index contributed by atoms with van der Waals surface area (Å²) in [6, 6.07) is 0.379. The van der Waals surface area contributed by atoms with Gasteiger partial charge in [-0.25, -0.2) is 0 Å². The number of rotatable bonds is 1. The molecule has 0 aliphatic carbocycles. The predicted octanol–water partition coefficient (Wildman–Crippen LogP) is 0.317. The summed E-state index contributed by atoms with van der Waals surface area (Å²) in [6.07, 6.45) is 2.91. The molecule has 2 fully saturated rings. The van der Waals surface area contributed by atoms with Crippen molar-refractivity contribution >= 4 is 11.7 Å². The first-order chi connectivity index (χ1) is 7.11. The second-order valence-corrected chi connectivity index (χ2v) is 4.56. The van der Waals surface area contributed by atoms with Crippen LogP contribution in [0.4, 0.5) is 0 Å². The monoisotopic (exact) mass is 210 g/mol. The van der Waals surface area contributed by atoms with E-state index < -0.39 is 0 Å². The van der Waals surface area contributed by atoms with E-state index in [0.29, 0.717) is 6.04 Å². The third-order valence-corrected chi connectivity index (χ3v) is 3.55. The van der Waals surface area contributed by atoms with Crippen LogP contribution >= 0.6 is 0 Å². The number of carbonyl (C=O) groups is 2. The van der Waals surface area contributed by atoms with Crippen molar-refractivity contribution in [3.63, 3.8) is 0 Å². The van der Waals surface area contributed by atoms with Crippen LogP contribution in [0.25, 0.3) is 0 Å². The van der Waals surface area contributed by atoms with E-state index in [2.05, 4.69) is 5.32 Å². The summed E-state index contributed by atoms with van der Waals surface area (Å²) >= 11 is 0. The Labute approximate surface area is 90.0 Å². The van der Waals surface area contributed by atoms with Crippen molar-refractivity contribution in [1.29, 1.82) is 0 Å². The second-order valence-electron chi connectivity index (χ2n) is 4.56. The molecule has 1 amide bonds. The summed E-state index contributed by atoms with van der Waals surface area (Å²) in [7, 11) is 0. The minimum absolute atomic E-state index is 0.0337. The Morgan fingerprint density at radius 2 is 2.07 bits per heavy atom. The largest absolute Gasteiger partial charge is 0.328 e. The summed E-state index contributed by atoms with van der Waals surface area (Å²) < 4.78 is 0. The van der Waals surface area contributed by atoms with Gasteiger partial charge >= 0.3 is 0 Å². The van der Waals surface area contributed by atoms with Crippen LogP contribution in [0.2, 0.25) is 0 Å². The molecule has 4 nitrogen and oxygen atoms in total. The van der Waals surface area contributed by atoms with Crippen LogP contribution in [0.15, 0.2) is 0 Å². The van der Waals surface area contributed by atoms with E-state index in [1.54, 1.807) is 18.7 Å². The van der Waals surface area contributed by atoms with Crippen LogP contribution in [0.1, 0.15) is 33.1 Å². The molecule has 1 N–H and O–H groups in total. The Bertz CT molecular complexity index is 290. The molecule has 0 aromatic carbocycles. The third-order valence-electron chi connectivity index (χ3n) is 3.55. The first-order valence-corrected chi connectivity index (χ1v) is 5.64. The van der Waals surface area contributed by atoms with E-state index in [4.69, 9.17) is 0 Å². The van der Waals surface area contributed by atoms with Gasteiger partial charge in [0.1, 0.15) is 0 Å². The zero-order chi connectivity index (χ0) is 11.0. The predicted molar refractivity (Wildman–Crippen MR) is 56.4 cm³/mol. The Hall–Kier alpha value is -0.900. The van der Waals surface area contributed by atoms with E-state index in [9.17, 15) is 9.59 Å². The average Bonchev–Trinajstić information content (AvgIpc) is 2.56. The molecule has 2 rings (SSSR count). The number of hydrogen-bond donors (Lipinski definition) is 1. The summed E-state index contributed by atoms with van der Waals surface area (Å²) in [5.74, 6) is 0.146. The molecular formula is C11H18N2O2. The second kappa shape index (κ2) is 3.93. The van der Waals surface area contributed by atoms with Crippen molar-refractivity contribution in [1.82, 2.24) is 10.2 Å². The maximum atomic E-state index is 11.6. The number of nitrogens with one attached hydrogen (secondary N) is 1. The van der Waals surface area contributed by atoms with Crippen molar-refractivity contribution in [3.05, 3.63) is 0 Å². The van der Waals surface area contributed by atoms with Gasteiger partial charge in [0.25, 0.3) is 0 Å². The van der Waals surface area contributed by atoms with Crippen LogP contribution in [-0.4, -0.2) is 41.3 Å². The third kappa shape index (κ3) is 1.78. The molecule has 0 spiro atoms. The normalized spacial score (nSPS) is 35.1. The molecule has 4 heteroatoms. The molecule has 3 unspecified atom stereocenters. The summed E-state index contributed by atoms with van der Waals surface area (Å²) in [4.78, 5) is 24.8. The summed E-state index contributed by atoms with van der Waals surface area (Å²) in [6.45, 7) is 4.16. The lowest BCUT2D eigenvalue weighted by atomic mass is 9.99. The number of hydrogen-bond acceptors (Lipinski definition) is 3. The standard InChI is InChI=1S/C11H18N2O2/c1-7(14)11-6-9-10(4-3-5-12-9)13(11)8(2)15/h9-12H,3-6H2,1-2H3. The lowest BCUT2D eigenvalue weighted by molar-refractivity contribution is -0.137. The molecule has 3 atom stereocenters. The van der Waals surface area contributed by atoms with Gasteiger partial charge in [-0.2, -0.15) is 0 Å². The molecular weight excluding hydrogens is 192 g/mol. The molecule has 2 aliphatic heterocycles. The van der Waals surface area contributed by atoms with Gasteiger partial charge in [0.15, 0.2) is 5.78 Å². The zero-order valence-electron chi connectivity index (χ0n) is 9.32. The number of nitrogens with zero attached hydrogens (tertiary/aromatic N) is 1. The van der Waals surface area contributed by atoms with E-state index in [-0.39, 0.29) is 23.8 Å². The SMILES string of the molecule is CC(=O)C1CC2NCCCC2N1C(C)=O. The molecule has 0 saturated carbocycles. The van der Waals surface area contributed by atoms with Gasteiger partial charge in [-0.1, -0.05) is 0 Å². The number of amides is 1. The molecule has 2 saturated heterocycles. The van der Waals surface area contributed by atoms with Crippen molar-refractivity contribution in [2.75, 3.05) is 6.54 Å². The number of piperidine rings is 1. The molecule has 2 aliphatic rings. The minimum atomic E-state index is -0.192. The maximum absolute atomic E-state index is 11.6. The Balaban J connectivity index is 2.21. The van der Waals surface area contributed by atoms with E-state index in [1.807, 2.05) is 0 Å². The molecule has 15 heavy (non-hydrogen) atoms. The number of carbonyl (C=O) groups excluding carboxylic acids is 2. The number of fused-ring (bicyclic) bond motifs is 1. The molecule has 0 bridgehead atoms. The highest BCUT2D eigenvalue weighted by atomic mass is 16.2. The molecule has 0 aromatic rings. The van der Waals surface area contributed by atoms with Gasteiger partial charge < -0.3 is 10.2 Å².